The smallest absolute Gasteiger partial charge is 0.126 e. The second kappa shape index (κ2) is 4.89. The predicted octanol–water partition coefficient (Wildman–Crippen LogP) is 2.53. The highest BCUT2D eigenvalue weighted by Gasteiger charge is 2.09. The number of phenolic OH excluding ortho intramolecular Hbond substituents is 1. The molecular weight excluding hydrogens is 214 g/mol. The lowest BCUT2D eigenvalue weighted by molar-refractivity contribution is 0.415. The normalized spacial score (nSPS) is 10.2. The molecule has 0 saturated carbocycles. The standard InChI is InChI=1S/C14H15NO2/c1-17-14-5-3-2-4-11(14)12-8-10(9-15)6-7-13(12)16/h2-8,16H,9,15H2,1H3. The largest absolute Gasteiger partial charge is 0.507 e. The van der Waals surface area contributed by atoms with Gasteiger partial charge in [0.05, 0.1) is 7.11 Å². The summed E-state index contributed by atoms with van der Waals surface area (Å²) < 4.78 is 5.29. The van der Waals surface area contributed by atoms with Crippen molar-refractivity contribution in [3.63, 3.8) is 0 Å². The second-order valence-corrected chi connectivity index (χ2v) is 3.76. The summed E-state index contributed by atoms with van der Waals surface area (Å²) in [5.41, 5.74) is 8.19. The quantitative estimate of drug-likeness (QED) is 0.850. The number of aromatic hydroxyl groups is 1. The van der Waals surface area contributed by atoms with Crippen LogP contribution < -0.4 is 10.5 Å². The molecule has 0 aliphatic carbocycles. The van der Waals surface area contributed by atoms with E-state index in [0.717, 1.165) is 22.4 Å². The Morgan fingerprint density at radius 1 is 1.12 bits per heavy atom. The zero-order chi connectivity index (χ0) is 12.3. The maximum Gasteiger partial charge on any atom is 0.126 e. The van der Waals surface area contributed by atoms with E-state index in [-0.39, 0.29) is 5.75 Å². The molecule has 17 heavy (non-hydrogen) atoms. The summed E-state index contributed by atoms with van der Waals surface area (Å²) in [5.74, 6) is 0.962. The molecule has 0 bridgehead atoms. The van der Waals surface area contributed by atoms with Crippen LogP contribution in [0.5, 0.6) is 11.5 Å². The number of para-hydroxylation sites is 1. The summed E-state index contributed by atoms with van der Waals surface area (Å²) in [5, 5.41) is 9.91. The molecule has 2 aromatic rings. The van der Waals surface area contributed by atoms with Crippen molar-refractivity contribution >= 4 is 0 Å². The van der Waals surface area contributed by atoms with Gasteiger partial charge in [0, 0.05) is 17.7 Å². The zero-order valence-electron chi connectivity index (χ0n) is 9.68. The van der Waals surface area contributed by atoms with Crippen molar-refractivity contribution in [2.24, 2.45) is 5.73 Å². The van der Waals surface area contributed by atoms with E-state index in [4.69, 9.17) is 10.5 Å². The maximum absolute atomic E-state index is 9.91. The molecule has 0 radical (unpaired) electrons. The minimum atomic E-state index is 0.228. The molecule has 2 rings (SSSR count). The number of methoxy groups -OCH3 is 1. The van der Waals surface area contributed by atoms with Crippen LogP contribution in [0.15, 0.2) is 42.5 Å². The summed E-state index contributed by atoms with van der Waals surface area (Å²) in [6.07, 6.45) is 0. The molecule has 0 heterocycles. The van der Waals surface area contributed by atoms with Gasteiger partial charge in [-0.3, -0.25) is 0 Å². The van der Waals surface area contributed by atoms with E-state index < -0.39 is 0 Å². The topological polar surface area (TPSA) is 55.5 Å². The van der Waals surface area contributed by atoms with Gasteiger partial charge in [-0.1, -0.05) is 24.3 Å². The van der Waals surface area contributed by atoms with Gasteiger partial charge in [-0.05, 0) is 23.8 Å². The number of hydrogen-bond acceptors (Lipinski definition) is 3. The van der Waals surface area contributed by atoms with Crippen LogP contribution in [0.4, 0.5) is 0 Å². The first-order valence-corrected chi connectivity index (χ1v) is 5.41. The Bertz CT molecular complexity index is 523. The van der Waals surface area contributed by atoms with Crippen molar-refractivity contribution in [2.75, 3.05) is 7.11 Å². The summed E-state index contributed by atoms with van der Waals surface area (Å²) in [6, 6.07) is 12.9. The van der Waals surface area contributed by atoms with E-state index in [2.05, 4.69) is 0 Å². The third kappa shape index (κ3) is 2.24. The van der Waals surface area contributed by atoms with Crippen molar-refractivity contribution in [3.05, 3.63) is 48.0 Å². The predicted molar refractivity (Wildman–Crippen MR) is 68.0 cm³/mol. The first kappa shape index (κ1) is 11.5. The lowest BCUT2D eigenvalue weighted by Gasteiger charge is -2.11. The Labute approximate surface area is 100 Å². The van der Waals surface area contributed by atoms with Crippen molar-refractivity contribution in [1.82, 2.24) is 0 Å². The van der Waals surface area contributed by atoms with E-state index in [9.17, 15) is 5.11 Å². The van der Waals surface area contributed by atoms with Crippen molar-refractivity contribution < 1.29 is 9.84 Å². The Morgan fingerprint density at radius 2 is 1.88 bits per heavy atom. The molecule has 0 unspecified atom stereocenters. The highest BCUT2D eigenvalue weighted by molar-refractivity contribution is 5.76. The maximum atomic E-state index is 9.91. The van der Waals surface area contributed by atoms with Crippen LogP contribution in [-0.4, -0.2) is 12.2 Å². The number of nitrogens with two attached hydrogens (primary N) is 1. The van der Waals surface area contributed by atoms with Gasteiger partial charge in [-0.25, -0.2) is 0 Å². The van der Waals surface area contributed by atoms with Gasteiger partial charge in [-0.2, -0.15) is 0 Å². The number of ether oxygens (including phenoxy) is 1. The van der Waals surface area contributed by atoms with Gasteiger partial charge in [0.1, 0.15) is 11.5 Å². The molecule has 0 fully saturated rings. The monoisotopic (exact) mass is 229 g/mol. The van der Waals surface area contributed by atoms with E-state index in [1.165, 1.54) is 0 Å². The van der Waals surface area contributed by atoms with Crippen LogP contribution >= 0.6 is 0 Å². The van der Waals surface area contributed by atoms with Crippen LogP contribution in [0.25, 0.3) is 11.1 Å². The van der Waals surface area contributed by atoms with E-state index in [0.29, 0.717) is 6.54 Å². The SMILES string of the molecule is COc1ccccc1-c1cc(CN)ccc1O. The molecule has 3 N–H and O–H groups in total. The molecule has 3 nitrogen and oxygen atoms in total. The fourth-order valence-corrected chi connectivity index (χ4v) is 1.79. The van der Waals surface area contributed by atoms with E-state index in [1.54, 1.807) is 13.2 Å². The number of rotatable bonds is 3. The lowest BCUT2D eigenvalue weighted by atomic mass is 10.0. The first-order chi connectivity index (χ1) is 8.26. The summed E-state index contributed by atoms with van der Waals surface area (Å²) >= 11 is 0. The number of benzene rings is 2. The summed E-state index contributed by atoms with van der Waals surface area (Å²) in [7, 11) is 1.61. The fraction of sp³-hybridized carbons (Fsp3) is 0.143. The van der Waals surface area contributed by atoms with Crippen LogP contribution in [0.2, 0.25) is 0 Å². The Kier molecular flexibility index (Phi) is 3.30. The third-order valence-corrected chi connectivity index (χ3v) is 2.69. The molecule has 0 atom stereocenters. The first-order valence-electron chi connectivity index (χ1n) is 5.41. The minimum Gasteiger partial charge on any atom is -0.507 e. The molecule has 3 heteroatoms. The molecule has 0 amide bonds. The van der Waals surface area contributed by atoms with Crippen molar-refractivity contribution in [1.29, 1.82) is 0 Å². The van der Waals surface area contributed by atoms with Crippen molar-refractivity contribution in [3.8, 4) is 22.6 Å². The molecule has 0 aliphatic rings. The highest BCUT2D eigenvalue weighted by atomic mass is 16.5. The minimum absolute atomic E-state index is 0.228. The number of hydrogen-bond donors (Lipinski definition) is 2. The van der Waals surface area contributed by atoms with E-state index in [1.807, 2.05) is 36.4 Å². The Hall–Kier alpha value is -2.00. The molecule has 0 spiro atoms. The van der Waals surface area contributed by atoms with Gasteiger partial charge >= 0.3 is 0 Å². The second-order valence-electron chi connectivity index (χ2n) is 3.76. The van der Waals surface area contributed by atoms with E-state index >= 15 is 0 Å². The van der Waals surface area contributed by atoms with Gasteiger partial charge in [-0.15, -0.1) is 0 Å². The Balaban J connectivity index is 2.59. The zero-order valence-corrected chi connectivity index (χ0v) is 9.68. The van der Waals surface area contributed by atoms with Crippen LogP contribution in [-0.2, 0) is 6.54 Å². The van der Waals surface area contributed by atoms with Crippen LogP contribution in [0.3, 0.4) is 0 Å². The van der Waals surface area contributed by atoms with Gasteiger partial charge < -0.3 is 15.6 Å². The Morgan fingerprint density at radius 3 is 2.59 bits per heavy atom. The molecule has 2 aromatic carbocycles. The molecule has 88 valence electrons. The third-order valence-electron chi connectivity index (χ3n) is 2.69. The average Bonchev–Trinajstić information content (AvgIpc) is 2.39. The fourth-order valence-electron chi connectivity index (χ4n) is 1.79. The molecular formula is C14H15NO2. The molecule has 0 saturated heterocycles. The van der Waals surface area contributed by atoms with Gasteiger partial charge in [0.2, 0.25) is 0 Å². The summed E-state index contributed by atoms with van der Waals surface area (Å²) in [4.78, 5) is 0. The van der Waals surface area contributed by atoms with Crippen LogP contribution in [0.1, 0.15) is 5.56 Å². The van der Waals surface area contributed by atoms with Crippen molar-refractivity contribution in [2.45, 2.75) is 6.54 Å². The highest BCUT2D eigenvalue weighted by Crippen LogP contribution is 2.35. The summed E-state index contributed by atoms with van der Waals surface area (Å²) in [6.45, 7) is 0.447. The molecule has 0 aliphatic heterocycles. The number of phenols is 1. The lowest BCUT2D eigenvalue weighted by Crippen LogP contribution is -1.96. The van der Waals surface area contributed by atoms with Crippen LogP contribution in [0, 0.1) is 0 Å². The molecule has 0 aromatic heterocycles. The van der Waals surface area contributed by atoms with Gasteiger partial charge in [0.25, 0.3) is 0 Å². The average molecular weight is 229 g/mol. The van der Waals surface area contributed by atoms with Gasteiger partial charge in [0.15, 0.2) is 0 Å².